The van der Waals surface area contributed by atoms with E-state index < -0.39 is 47.5 Å². The molecule has 46 heavy (non-hydrogen) atoms. The molecule has 2 aromatic carbocycles. The number of ketones is 1. The van der Waals surface area contributed by atoms with Crippen LogP contribution in [0.25, 0.3) is 0 Å². The molecule has 1 saturated heterocycles. The van der Waals surface area contributed by atoms with Gasteiger partial charge in [0.05, 0.1) is 23.8 Å². The summed E-state index contributed by atoms with van der Waals surface area (Å²) >= 11 is 12.5. The van der Waals surface area contributed by atoms with Crippen LogP contribution in [-0.2, 0) is 19.8 Å². The minimum atomic E-state index is -5.08. The van der Waals surface area contributed by atoms with E-state index in [1.54, 1.807) is 18.2 Å². The Hall–Kier alpha value is -2.77. The van der Waals surface area contributed by atoms with Gasteiger partial charge < -0.3 is 26.0 Å². The van der Waals surface area contributed by atoms with Crippen LogP contribution in [0.2, 0.25) is 10.0 Å². The van der Waals surface area contributed by atoms with Crippen molar-refractivity contribution in [3.63, 3.8) is 0 Å². The molecule has 2 aromatic rings. The average Bonchev–Trinajstić information content (AvgIpc) is 3.48. The van der Waals surface area contributed by atoms with Gasteiger partial charge in [-0.25, -0.2) is 9.18 Å². The zero-order valence-corrected chi connectivity index (χ0v) is 26.3. The van der Waals surface area contributed by atoms with E-state index in [-0.39, 0.29) is 29.7 Å². The SMILES string of the molecule is O=C(CCC[C@H](O)CO)[C@@H]1N[C@H](CC2CCCCC2)[C@]2(C(=O)Nc3cc(Cl)c(F)cc32)[C@H]1c1cccc(Cl)c1.O=C(O)C(F)(F)F. The molecule has 5 N–H and O–H groups in total. The van der Waals surface area contributed by atoms with Crippen molar-refractivity contribution in [1.82, 2.24) is 5.32 Å². The number of aliphatic hydroxyl groups excluding tert-OH is 2. The molecule has 0 bridgehead atoms. The van der Waals surface area contributed by atoms with E-state index in [0.29, 0.717) is 41.5 Å². The number of hydrogen-bond donors (Lipinski definition) is 5. The predicted molar refractivity (Wildman–Crippen MR) is 163 cm³/mol. The highest BCUT2D eigenvalue weighted by Gasteiger charge is 2.65. The number of carboxylic acids is 1. The number of carboxylic acid groups (broad SMARTS) is 1. The minimum absolute atomic E-state index is 0.0738. The van der Waals surface area contributed by atoms with E-state index in [2.05, 4.69) is 10.6 Å². The normalized spacial score (nSPS) is 25.0. The number of aliphatic carboxylic acids is 1. The number of nitrogens with one attached hydrogen (secondary N) is 2. The van der Waals surface area contributed by atoms with E-state index in [9.17, 15) is 33.0 Å². The molecule has 1 spiro atoms. The number of halogens is 6. The van der Waals surface area contributed by atoms with Crippen molar-refractivity contribution in [1.29, 1.82) is 0 Å². The van der Waals surface area contributed by atoms with E-state index >= 15 is 4.39 Å². The highest BCUT2D eigenvalue weighted by molar-refractivity contribution is 6.31. The first-order chi connectivity index (χ1) is 21.7. The van der Waals surface area contributed by atoms with E-state index in [1.165, 1.54) is 18.6 Å². The van der Waals surface area contributed by atoms with Crippen LogP contribution >= 0.6 is 23.2 Å². The third-order valence-electron chi connectivity index (χ3n) is 9.15. The summed E-state index contributed by atoms with van der Waals surface area (Å²) in [5, 5.41) is 33.0. The average molecular weight is 692 g/mol. The number of anilines is 1. The van der Waals surface area contributed by atoms with Crippen LogP contribution in [0.3, 0.4) is 0 Å². The Labute approximate surface area is 273 Å². The molecule has 2 fully saturated rings. The second-order valence-corrected chi connectivity index (χ2v) is 12.9. The Kier molecular flexibility index (Phi) is 11.7. The van der Waals surface area contributed by atoms with Gasteiger partial charge in [-0.3, -0.25) is 9.59 Å². The van der Waals surface area contributed by atoms with Gasteiger partial charge in [0.1, 0.15) is 17.0 Å². The van der Waals surface area contributed by atoms with Crippen LogP contribution in [0.1, 0.15) is 74.8 Å². The number of carbonyl (C=O) groups excluding carboxylic acids is 2. The highest BCUT2D eigenvalue weighted by atomic mass is 35.5. The summed E-state index contributed by atoms with van der Waals surface area (Å²) in [7, 11) is 0. The molecule has 2 heterocycles. The minimum Gasteiger partial charge on any atom is -0.475 e. The first-order valence-corrected chi connectivity index (χ1v) is 15.9. The maximum absolute atomic E-state index is 15.0. The first kappa shape index (κ1) is 36.1. The summed E-state index contributed by atoms with van der Waals surface area (Å²) in [4.78, 5) is 36.9. The lowest BCUT2D eigenvalue weighted by atomic mass is 9.62. The van der Waals surface area contributed by atoms with E-state index in [4.69, 9.17) is 33.1 Å². The van der Waals surface area contributed by atoms with Crippen molar-refractivity contribution >= 4 is 46.5 Å². The summed E-state index contributed by atoms with van der Waals surface area (Å²) < 4.78 is 46.8. The Bertz CT molecular complexity index is 1440. The molecule has 0 aromatic heterocycles. The van der Waals surface area contributed by atoms with Crippen LogP contribution in [0.15, 0.2) is 36.4 Å². The summed E-state index contributed by atoms with van der Waals surface area (Å²) in [6.45, 7) is -0.362. The first-order valence-electron chi connectivity index (χ1n) is 15.1. The molecule has 8 nitrogen and oxygen atoms in total. The van der Waals surface area contributed by atoms with Gasteiger partial charge in [-0.1, -0.05) is 67.4 Å². The van der Waals surface area contributed by atoms with Crippen LogP contribution in [0, 0.1) is 11.7 Å². The highest BCUT2D eigenvalue weighted by Crippen LogP contribution is 2.57. The maximum atomic E-state index is 15.0. The Morgan fingerprint density at radius 2 is 1.76 bits per heavy atom. The molecular weight excluding hydrogens is 655 g/mol. The zero-order valence-electron chi connectivity index (χ0n) is 24.8. The van der Waals surface area contributed by atoms with Crippen molar-refractivity contribution in [2.24, 2.45) is 5.92 Å². The quantitative estimate of drug-likeness (QED) is 0.199. The fourth-order valence-electron chi connectivity index (χ4n) is 7.12. The second-order valence-electron chi connectivity index (χ2n) is 12.1. The molecule has 0 unspecified atom stereocenters. The van der Waals surface area contributed by atoms with E-state index in [1.807, 2.05) is 6.07 Å². The number of alkyl halides is 3. The number of rotatable bonds is 9. The molecule has 1 saturated carbocycles. The molecule has 3 aliphatic rings. The van der Waals surface area contributed by atoms with Crippen LogP contribution < -0.4 is 10.6 Å². The fraction of sp³-hybridized carbons (Fsp3) is 0.531. The van der Waals surface area contributed by atoms with Crippen LogP contribution in [0.4, 0.5) is 23.2 Å². The lowest BCUT2D eigenvalue weighted by Crippen LogP contribution is -2.49. The molecule has 1 aliphatic carbocycles. The smallest absolute Gasteiger partial charge is 0.475 e. The van der Waals surface area contributed by atoms with Crippen LogP contribution in [-0.4, -0.2) is 64.0 Å². The molecule has 2 aliphatic heterocycles. The molecule has 5 atom stereocenters. The van der Waals surface area contributed by atoms with Gasteiger partial charge >= 0.3 is 12.1 Å². The molecule has 14 heteroatoms. The standard InChI is InChI=1S/C30H35Cl2FN2O4.C2HF3O2/c31-19-9-4-8-18(13-19)27-28(25(38)11-5-10-20(37)16-36)35-26(12-17-6-2-1-3-7-17)30(27)21-14-23(33)22(32)15-24(21)34-29(30)39;3-2(4,5)1(6)7/h4,8-9,13-15,17,20,26-28,35-37H,1-3,5-7,10-12,16H2,(H,34,39);(H,6,7)/t20-,26+,27-,28-,30-;/m0./s1. The number of carbonyl (C=O) groups is 3. The third-order valence-corrected chi connectivity index (χ3v) is 9.67. The summed E-state index contributed by atoms with van der Waals surface area (Å²) in [6.07, 6.45) is 1.13. The number of aliphatic hydroxyl groups is 2. The van der Waals surface area contributed by atoms with Crippen molar-refractivity contribution in [2.75, 3.05) is 11.9 Å². The molecular formula is C32H36Cl2F4N2O6. The van der Waals surface area contributed by atoms with E-state index in [0.717, 1.165) is 31.2 Å². The van der Waals surface area contributed by atoms with Gasteiger partial charge in [-0.15, -0.1) is 0 Å². The van der Waals surface area contributed by atoms with Gasteiger partial charge in [0.2, 0.25) is 5.91 Å². The van der Waals surface area contributed by atoms with Crippen LogP contribution in [0.5, 0.6) is 0 Å². The Balaban J connectivity index is 0.000000617. The summed E-state index contributed by atoms with van der Waals surface area (Å²) in [6, 6.07) is 8.87. The molecule has 5 rings (SSSR count). The van der Waals surface area contributed by atoms with Gasteiger partial charge in [-0.05, 0) is 60.6 Å². The summed E-state index contributed by atoms with van der Waals surface area (Å²) in [5.41, 5.74) is 0.466. The number of Topliss-reactive ketones (excluding diaryl/α,β-unsaturated/α-hetero) is 1. The van der Waals surface area contributed by atoms with Gasteiger partial charge in [-0.2, -0.15) is 13.2 Å². The lowest BCUT2D eigenvalue weighted by molar-refractivity contribution is -0.192. The number of hydrogen-bond acceptors (Lipinski definition) is 6. The topological polar surface area (TPSA) is 136 Å². The third kappa shape index (κ3) is 7.68. The second kappa shape index (κ2) is 15.0. The largest absolute Gasteiger partial charge is 0.490 e. The van der Waals surface area contributed by atoms with Gasteiger partial charge in [0.15, 0.2) is 0 Å². The monoisotopic (exact) mass is 690 g/mol. The van der Waals surface area contributed by atoms with Crippen molar-refractivity contribution in [2.45, 2.75) is 93.5 Å². The number of amides is 1. The molecule has 252 valence electrons. The number of benzene rings is 2. The fourth-order valence-corrected chi connectivity index (χ4v) is 7.48. The van der Waals surface area contributed by atoms with Gasteiger partial charge in [0.25, 0.3) is 0 Å². The predicted octanol–water partition coefficient (Wildman–Crippen LogP) is 6.14. The number of fused-ring (bicyclic) bond motifs is 2. The summed E-state index contributed by atoms with van der Waals surface area (Å²) in [5.74, 6) is -3.99. The molecule has 1 amide bonds. The van der Waals surface area contributed by atoms with Crippen molar-refractivity contribution in [3.8, 4) is 0 Å². The molecule has 0 radical (unpaired) electrons. The lowest BCUT2D eigenvalue weighted by Gasteiger charge is -2.37. The Morgan fingerprint density at radius 1 is 1.09 bits per heavy atom. The van der Waals surface area contributed by atoms with Crippen molar-refractivity contribution < 1.29 is 47.3 Å². The van der Waals surface area contributed by atoms with Crippen molar-refractivity contribution in [3.05, 3.63) is 63.4 Å². The Morgan fingerprint density at radius 3 is 2.37 bits per heavy atom. The van der Waals surface area contributed by atoms with Gasteiger partial charge in [0, 0.05) is 29.1 Å². The zero-order chi connectivity index (χ0) is 33.8. The maximum Gasteiger partial charge on any atom is 0.490 e.